The van der Waals surface area contributed by atoms with E-state index >= 15 is 0 Å². The quantitative estimate of drug-likeness (QED) is 0.734. The molecule has 0 spiro atoms. The molecule has 1 aromatic carbocycles. The lowest BCUT2D eigenvalue weighted by molar-refractivity contribution is 0.414. The Hall–Kier alpha value is -1.69. The minimum Gasteiger partial charge on any atom is -0.497 e. The molecule has 0 aliphatic carbocycles. The van der Waals surface area contributed by atoms with Crippen molar-refractivity contribution < 1.29 is 4.74 Å². The maximum atomic E-state index is 8.96. The fraction of sp³-hybridized carbons (Fsp3) is 0.364. The van der Waals surface area contributed by atoms with Gasteiger partial charge in [0, 0.05) is 18.3 Å². The van der Waals surface area contributed by atoms with E-state index in [1.165, 1.54) is 0 Å². The van der Waals surface area contributed by atoms with E-state index < -0.39 is 0 Å². The molecule has 0 fully saturated rings. The zero-order valence-corrected chi connectivity index (χ0v) is 8.08. The molecule has 0 aromatic heterocycles. The van der Waals surface area contributed by atoms with Gasteiger partial charge in [-0.05, 0) is 18.1 Å². The molecule has 1 aliphatic rings. The summed E-state index contributed by atoms with van der Waals surface area (Å²) in [6.45, 7) is 0.860. The number of methoxy groups -OCH3 is 1. The highest BCUT2D eigenvalue weighted by Crippen LogP contribution is 2.33. The Balaban J connectivity index is 2.42. The molecule has 1 atom stereocenters. The fourth-order valence-corrected chi connectivity index (χ4v) is 1.76. The lowest BCUT2D eigenvalue weighted by Crippen LogP contribution is -2.15. The van der Waals surface area contributed by atoms with E-state index in [1.807, 2.05) is 18.2 Å². The molecule has 1 heterocycles. The first-order valence-electron chi connectivity index (χ1n) is 4.66. The number of hydrogen-bond acceptors (Lipinski definition) is 3. The van der Waals surface area contributed by atoms with Crippen LogP contribution >= 0.6 is 0 Å². The SMILES string of the molecule is COc1ccc2c(c1)NCCC2C#N. The van der Waals surface area contributed by atoms with Crippen LogP contribution in [0.1, 0.15) is 17.9 Å². The molecule has 14 heavy (non-hydrogen) atoms. The smallest absolute Gasteiger partial charge is 0.120 e. The standard InChI is InChI=1S/C11H12N2O/c1-14-9-2-3-10-8(7-12)4-5-13-11(10)6-9/h2-3,6,8,13H,4-5H2,1H3. The number of benzene rings is 1. The summed E-state index contributed by atoms with van der Waals surface area (Å²) in [5.41, 5.74) is 2.11. The lowest BCUT2D eigenvalue weighted by Gasteiger charge is -2.22. The van der Waals surface area contributed by atoms with E-state index in [1.54, 1.807) is 7.11 Å². The number of nitrogens with zero attached hydrogens (tertiary/aromatic N) is 1. The minimum atomic E-state index is 0.0251. The number of ether oxygens (including phenoxy) is 1. The molecule has 3 heteroatoms. The van der Waals surface area contributed by atoms with Gasteiger partial charge in [-0.3, -0.25) is 0 Å². The van der Waals surface area contributed by atoms with Crippen molar-refractivity contribution in [2.75, 3.05) is 19.0 Å². The molecule has 1 unspecified atom stereocenters. The van der Waals surface area contributed by atoms with Gasteiger partial charge in [-0.15, -0.1) is 0 Å². The molecule has 72 valence electrons. The van der Waals surface area contributed by atoms with Crippen LogP contribution in [0.4, 0.5) is 5.69 Å². The summed E-state index contributed by atoms with van der Waals surface area (Å²) in [7, 11) is 1.65. The van der Waals surface area contributed by atoms with E-state index in [4.69, 9.17) is 10.00 Å². The maximum Gasteiger partial charge on any atom is 0.120 e. The molecule has 1 aromatic rings. The molecular formula is C11H12N2O. The second-order valence-electron chi connectivity index (χ2n) is 3.35. The van der Waals surface area contributed by atoms with Crippen LogP contribution in [0.3, 0.4) is 0 Å². The zero-order chi connectivity index (χ0) is 9.97. The number of nitrogens with one attached hydrogen (secondary N) is 1. The Labute approximate surface area is 83.3 Å². The molecule has 1 aliphatic heterocycles. The van der Waals surface area contributed by atoms with Crippen LogP contribution in [0, 0.1) is 11.3 Å². The van der Waals surface area contributed by atoms with Crippen molar-refractivity contribution in [3.63, 3.8) is 0 Å². The number of anilines is 1. The van der Waals surface area contributed by atoms with Crippen molar-refractivity contribution in [3.8, 4) is 11.8 Å². The van der Waals surface area contributed by atoms with Gasteiger partial charge in [0.25, 0.3) is 0 Å². The van der Waals surface area contributed by atoms with Gasteiger partial charge in [-0.25, -0.2) is 0 Å². The van der Waals surface area contributed by atoms with Crippen LogP contribution in [0.2, 0.25) is 0 Å². The normalized spacial score (nSPS) is 19.0. The number of rotatable bonds is 1. The van der Waals surface area contributed by atoms with Gasteiger partial charge in [0.1, 0.15) is 5.75 Å². The van der Waals surface area contributed by atoms with Crippen LogP contribution in [0.25, 0.3) is 0 Å². The molecule has 0 saturated heterocycles. The van der Waals surface area contributed by atoms with Crippen molar-refractivity contribution >= 4 is 5.69 Å². The lowest BCUT2D eigenvalue weighted by atomic mass is 9.92. The third-order valence-electron chi connectivity index (χ3n) is 2.54. The van der Waals surface area contributed by atoms with Crippen LogP contribution in [-0.2, 0) is 0 Å². The zero-order valence-electron chi connectivity index (χ0n) is 8.08. The van der Waals surface area contributed by atoms with Crippen LogP contribution in [-0.4, -0.2) is 13.7 Å². The van der Waals surface area contributed by atoms with Gasteiger partial charge >= 0.3 is 0 Å². The highest BCUT2D eigenvalue weighted by molar-refractivity contribution is 5.59. The minimum absolute atomic E-state index is 0.0251. The first-order chi connectivity index (χ1) is 6.85. The molecule has 1 N–H and O–H groups in total. The average Bonchev–Trinajstić information content (AvgIpc) is 2.27. The monoisotopic (exact) mass is 188 g/mol. The Kier molecular flexibility index (Phi) is 2.28. The van der Waals surface area contributed by atoms with Crippen molar-refractivity contribution in [1.29, 1.82) is 5.26 Å². The second kappa shape index (κ2) is 3.59. The Bertz CT molecular complexity index is 381. The van der Waals surface area contributed by atoms with Crippen molar-refractivity contribution in [1.82, 2.24) is 0 Å². The Morgan fingerprint density at radius 3 is 3.14 bits per heavy atom. The Morgan fingerprint density at radius 1 is 1.57 bits per heavy atom. The summed E-state index contributed by atoms with van der Waals surface area (Å²) in [5, 5.41) is 12.2. The van der Waals surface area contributed by atoms with Crippen molar-refractivity contribution in [2.24, 2.45) is 0 Å². The predicted octanol–water partition coefficient (Wildman–Crippen LogP) is 2.12. The van der Waals surface area contributed by atoms with Crippen molar-refractivity contribution in [2.45, 2.75) is 12.3 Å². The van der Waals surface area contributed by atoms with Gasteiger partial charge in [0.05, 0.1) is 19.1 Å². The summed E-state index contributed by atoms with van der Waals surface area (Å²) >= 11 is 0. The fourth-order valence-electron chi connectivity index (χ4n) is 1.76. The third kappa shape index (κ3) is 1.39. The second-order valence-corrected chi connectivity index (χ2v) is 3.35. The first-order valence-corrected chi connectivity index (χ1v) is 4.66. The summed E-state index contributed by atoms with van der Waals surface area (Å²) in [6, 6.07) is 8.13. The molecule has 0 amide bonds. The molecule has 0 radical (unpaired) electrons. The summed E-state index contributed by atoms with van der Waals surface area (Å²) in [6.07, 6.45) is 0.885. The van der Waals surface area contributed by atoms with Crippen LogP contribution in [0.15, 0.2) is 18.2 Å². The summed E-state index contributed by atoms with van der Waals surface area (Å²) in [4.78, 5) is 0. The predicted molar refractivity (Wildman–Crippen MR) is 54.5 cm³/mol. The molecule has 0 bridgehead atoms. The number of fused-ring (bicyclic) bond motifs is 1. The largest absolute Gasteiger partial charge is 0.497 e. The summed E-state index contributed by atoms with van der Waals surface area (Å²) < 4.78 is 5.13. The highest BCUT2D eigenvalue weighted by atomic mass is 16.5. The van der Waals surface area contributed by atoms with Crippen LogP contribution in [0.5, 0.6) is 5.75 Å². The van der Waals surface area contributed by atoms with Gasteiger partial charge in [-0.1, -0.05) is 6.07 Å². The van der Waals surface area contributed by atoms with Gasteiger partial charge in [0.15, 0.2) is 0 Å². The first kappa shape index (κ1) is 8.89. The van der Waals surface area contributed by atoms with E-state index in [0.29, 0.717) is 0 Å². The average molecular weight is 188 g/mol. The molecule has 0 saturated carbocycles. The molecule has 2 rings (SSSR count). The van der Waals surface area contributed by atoms with Gasteiger partial charge < -0.3 is 10.1 Å². The van der Waals surface area contributed by atoms with E-state index in [0.717, 1.165) is 30.0 Å². The van der Waals surface area contributed by atoms with E-state index in [-0.39, 0.29) is 5.92 Å². The van der Waals surface area contributed by atoms with Crippen molar-refractivity contribution in [3.05, 3.63) is 23.8 Å². The number of nitriles is 1. The summed E-state index contributed by atoms with van der Waals surface area (Å²) in [5.74, 6) is 0.854. The third-order valence-corrected chi connectivity index (χ3v) is 2.54. The Morgan fingerprint density at radius 2 is 2.43 bits per heavy atom. The molecule has 3 nitrogen and oxygen atoms in total. The van der Waals surface area contributed by atoms with Gasteiger partial charge in [-0.2, -0.15) is 5.26 Å². The van der Waals surface area contributed by atoms with Gasteiger partial charge in [0.2, 0.25) is 0 Å². The molecular weight excluding hydrogens is 176 g/mol. The number of hydrogen-bond donors (Lipinski definition) is 1. The van der Waals surface area contributed by atoms with E-state index in [2.05, 4.69) is 11.4 Å². The highest BCUT2D eigenvalue weighted by Gasteiger charge is 2.19. The van der Waals surface area contributed by atoms with E-state index in [9.17, 15) is 0 Å². The maximum absolute atomic E-state index is 8.96. The topological polar surface area (TPSA) is 45.0 Å². The van der Waals surface area contributed by atoms with Crippen LogP contribution < -0.4 is 10.1 Å².